The van der Waals surface area contributed by atoms with Crippen molar-refractivity contribution in [2.75, 3.05) is 0 Å². The maximum Gasteiger partial charge on any atom is 0.281 e. The van der Waals surface area contributed by atoms with Crippen LogP contribution >= 0.6 is 11.8 Å². The molecule has 0 aliphatic carbocycles. The molecular formula is C14H17F2N3OS. The van der Waals surface area contributed by atoms with Gasteiger partial charge in [0, 0.05) is 19.0 Å². The van der Waals surface area contributed by atoms with Crippen LogP contribution in [0.4, 0.5) is 8.78 Å². The summed E-state index contributed by atoms with van der Waals surface area (Å²) in [4.78, 5) is -0.141. The highest BCUT2D eigenvalue weighted by Crippen LogP contribution is 2.31. The Kier molecular flexibility index (Phi) is 4.63. The highest BCUT2D eigenvalue weighted by molar-refractivity contribution is 7.99. The smallest absolute Gasteiger partial charge is 0.281 e. The van der Waals surface area contributed by atoms with Crippen molar-refractivity contribution < 1.29 is 13.2 Å². The molecule has 1 N–H and O–H groups in total. The molecule has 21 heavy (non-hydrogen) atoms. The maximum atomic E-state index is 14.0. The molecule has 0 fully saturated rings. The van der Waals surface area contributed by atoms with Crippen LogP contribution in [0.25, 0.3) is 0 Å². The number of hydrogen-bond donors (Lipinski definition) is 1. The average Bonchev–Trinajstić information content (AvgIpc) is 2.76. The topological polar surface area (TPSA) is 51.0 Å². The van der Waals surface area contributed by atoms with E-state index in [4.69, 9.17) is 4.42 Å². The Bertz CT molecular complexity index is 614. The van der Waals surface area contributed by atoms with E-state index in [0.717, 1.165) is 11.8 Å². The minimum atomic E-state index is -0.637. The SMILES string of the molecule is Cc1nnc(Sc2c(F)cc(CNC(C)(C)C)cc2F)o1. The number of nitrogens with one attached hydrogen (secondary N) is 1. The van der Waals surface area contributed by atoms with Gasteiger partial charge < -0.3 is 9.73 Å². The second kappa shape index (κ2) is 6.11. The lowest BCUT2D eigenvalue weighted by atomic mass is 10.1. The monoisotopic (exact) mass is 313 g/mol. The summed E-state index contributed by atoms with van der Waals surface area (Å²) in [5, 5.41) is 10.6. The Hall–Kier alpha value is -1.47. The number of hydrogen-bond acceptors (Lipinski definition) is 5. The normalized spacial score (nSPS) is 11.9. The first-order valence-electron chi connectivity index (χ1n) is 6.45. The molecule has 1 aromatic heterocycles. The van der Waals surface area contributed by atoms with Gasteiger partial charge in [0.2, 0.25) is 5.89 Å². The van der Waals surface area contributed by atoms with Crippen LogP contribution in [0.5, 0.6) is 0 Å². The third-order valence-electron chi connectivity index (χ3n) is 2.58. The lowest BCUT2D eigenvalue weighted by molar-refractivity contribution is 0.421. The number of nitrogens with zero attached hydrogens (tertiary/aromatic N) is 2. The summed E-state index contributed by atoms with van der Waals surface area (Å²) < 4.78 is 33.2. The average molecular weight is 313 g/mol. The van der Waals surface area contributed by atoms with Gasteiger partial charge in [0.15, 0.2) is 0 Å². The quantitative estimate of drug-likeness (QED) is 0.933. The fourth-order valence-electron chi connectivity index (χ4n) is 1.59. The first-order valence-corrected chi connectivity index (χ1v) is 7.27. The van der Waals surface area contributed by atoms with Gasteiger partial charge in [-0.2, -0.15) is 0 Å². The molecule has 0 aliphatic rings. The van der Waals surface area contributed by atoms with Gasteiger partial charge in [-0.05, 0) is 50.2 Å². The van der Waals surface area contributed by atoms with Gasteiger partial charge in [-0.1, -0.05) is 0 Å². The van der Waals surface area contributed by atoms with Crippen molar-refractivity contribution in [3.63, 3.8) is 0 Å². The summed E-state index contributed by atoms with van der Waals surface area (Å²) in [7, 11) is 0. The van der Waals surface area contributed by atoms with Crippen LogP contribution in [0.15, 0.2) is 26.7 Å². The molecule has 0 radical (unpaired) electrons. The summed E-state index contributed by atoms with van der Waals surface area (Å²) >= 11 is 0.783. The van der Waals surface area contributed by atoms with Crippen LogP contribution in [0, 0.1) is 18.6 Å². The molecule has 0 saturated heterocycles. The predicted molar refractivity (Wildman–Crippen MR) is 76.1 cm³/mol. The summed E-state index contributed by atoms with van der Waals surface area (Å²) in [6, 6.07) is 2.63. The van der Waals surface area contributed by atoms with Crippen molar-refractivity contribution in [2.45, 2.75) is 49.9 Å². The van der Waals surface area contributed by atoms with Crippen LogP contribution < -0.4 is 5.32 Å². The Morgan fingerprint density at radius 1 is 1.19 bits per heavy atom. The van der Waals surface area contributed by atoms with Crippen molar-refractivity contribution in [1.29, 1.82) is 0 Å². The first-order chi connectivity index (χ1) is 9.74. The van der Waals surface area contributed by atoms with E-state index in [1.165, 1.54) is 12.1 Å². The molecule has 7 heteroatoms. The number of aromatic nitrogens is 2. The summed E-state index contributed by atoms with van der Waals surface area (Å²) in [5.74, 6) is -0.924. The Balaban J connectivity index is 2.17. The number of rotatable bonds is 4. The van der Waals surface area contributed by atoms with Gasteiger partial charge >= 0.3 is 0 Å². The Morgan fingerprint density at radius 2 is 1.81 bits per heavy atom. The second-order valence-corrected chi connectivity index (χ2v) is 6.64. The zero-order valence-electron chi connectivity index (χ0n) is 12.3. The van der Waals surface area contributed by atoms with Crippen LogP contribution in [-0.2, 0) is 6.54 Å². The van der Waals surface area contributed by atoms with Gasteiger partial charge in [-0.25, -0.2) is 8.78 Å². The zero-order chi connectivity index (χ0) is 15.6. The third kappa shape index (κ3) is 4.50. The highest BCUT2D eigenvalue weighted by Gasteiger charge is 2.17. The van der Waals surface area contributed by atoms with Gasteiger partial charge in [0.05, 0.1) is 4.90 Å². The van der Waals surface area contributed by atoms with E-state index < -0.39 is 11.6 Å². The van der Waals surface area contributed by atoms with Gasteiger partial charge in [-0.3, -0.25) is 0 Å². The lowest BCUT2D eigenvalue weighted by Gasteiger charge is -2.20. The lowest BCUT2D eigenvalue weighted by Crippen LogP contribution is -2.35. The van der Waals surface area contributed by atoms with Gasteiger partial charge in [0.1, 0.15) is 11.6 Å². The first kappa shape index (κ1) is 15.9. The van der Waals surface area contributed by atoms with Crippen LogP contribution in [0.3, 0.4) is 0 Å². The Labute approximate surface area is 126 Å². The molecule has 1 aromatic carbocycles. The molecule has 0 amide bonds. The van der Waals surface area contributed by atoms with Crippen molar-refractivity contribution in [3.05, 3.63) is 35.2 Å². The molecule has 0 atom stereocenters. The van der Waals surface area contributed by atoms with Crippen molar-refractivity contribution in [1.82, 2.24) is 15.5 Å². The molecule has 0 saturated carbocycles. The summed E-state index contributed by atoms with van der Waals surface area (Å²) in [6.45, 7) is 7.97. The minimum Gasteiger partial charge on any atom is -0.416 e. The maximum absolute atomic E-state index is 14.0. The fraction of sp³-hybridized carbons (Fsp3) is 0.429. The van der Waals surface area contributed by atoms with Crippen LogP contribution in [-0.4, -0.2) is 15.7 Å². The molecule has 0 unspecified atom stereocenters. The van der Waals surface area contributed by atoms with Gasteiger partial charge in [-0.15, -0.1) is 10.2 Å². The largest absolute Gasteiger partial charge is 0.416 e. The minimum absolute atomic E-state index is 0.117. The van der Waals surface area contributed by atoms with Crippen molar-refractivity contribution >= 4 is 11.8 Å². The van der Waals surface area contributed by atoms with E-state index in [-0.39, 0.29) is 15.7 Å². The van der Waals surface area contributed by atoms with E-state index in [1.54, 1.807) is 6.92 Å². The molecule has 4 nitrogen and oxygen atoms in total. The highest BCUT2D eigenvalue weighted by atomic mass is 32.2. The van der Waals surface area contributed by atoms with Crippen molar-refractivity contribution in [3.8, 4) is 0 Å². The Morgan fingerprint density at radius 3 is 2.29 bits per heavy atom. The number of aryl methyl sites for hydroxylation is 1. The van der Waals surface area contributed by atoms with E-state index in [9.17, 15) is 8.78 Å². The molecule has 1 heterocycles. The fourth-order valence-corrected chi connectivity index (χ4v) is 2.32. The van der Waals surface area contributed by atoms with Crippen LogP contribution in [0.2, 0.25) is 0 Å². The summed E-state index contributed by atoms with van der Waals surface area (Å²) in [5.41, 5.74) is 0.424. The standard InChI is InChI=1S/C14H17F2N3OS/c1-8-18-19-13(20-8)21-12-10(15)5-9(6-11(12)16)7-17-14(2,3)4/h5-6,17H,7H2,1-4H3. The second-order valence-electron chi connectivity index (χ2n) is 5.68. The molecule has 0 spiro atoms. The van der Waals surface area contributed by atoms with E-state index in [2.05, 4.69) is 15.5 Å². The van der Waals surface area contributed by atoms with E-state index in [1.807, 2.05) is 20.8 Å². The zero-order valence-corrected chi connectivity index (χ0v) is 13.1. The molecule has 114 valence electrons. The molecule has 2 rings (SSSR count). The number of halogens is 2. The molecule has 0 bridgehead atoms. The van der Waals surface area contributed by atoms with Crippen LogP contribution in [0.1, 0.15) is 32.2 Å². The molecular weight excluding hydrogens is 296 g/mol. The van der Waals surface area contributed by atoms with E-state index >= 15 is 0 Å². The van der Waals surface area contributed by atoms with Gasteiger partial charge in [0.25, 0.3) is 5.22 Å². The summed E-state index contributed by atoms with van der Waals surface area (Å²) in [6.07, 6.45) is 0. The third-order valence-corrected chi connectivity index (χ3v) is 3.51. The molecule has 0 aliphatic heterocycles. The van der Waals surface area contributed by atoms with E-state index in [0.29, 0.717) is 18.0 Å². The molecule has 2 aromatic rings. The van der Waals surface area contributed by atoms with Crippen molar-refractivity contribution in [2.24, 2.45) is 0 Å². The number of benzene rings is 1. The predicted octanol–water partition coefficient (Wildman–Crippen LogP) is 3.70.